The molecule has 3 rings (SSSR count). The number of benzene rings is 2. The first kappa shape index (κ1) is 18.0. The highest BCUT2D eigenvalue weighted by Crippen LogP contribution is 2.18. The molecule has 0 bridgehead atoms. The maximum Gasteiger partial charge on any atom is 0.513 e. The van der Waals surface area contributed by atoms with E-state index < -0.39 is 12.2 Å². The SMILES string of the molecule is O=C(O)Nc1cc(CCOC(=O)Oc2ccccc2)nn1-c1ccccc1. The first-order chi connectivity index (χ1) is 13.1. The van der Waals surface area contributed by atoms with Crippen LogP contribution in [0.3, 0.4) is 0 Å². The Morgan fingerprint density at radius 2 is 1.70 bits per heavy atom. The summed E-state index contributed by atoms with van der Waals surface area (Å²) in [5.74, 6) is 0.694. The quantitative estimate of drug-likeness (QED) is 0.508. The fourth-order valence-electron chi connectivity index (χ4n) is 2.37. The molecule has 0 aliphatic carbocycles. The molecule has 1 aromatic heterocycles. The van der Waals surface area contributed by atoms with E-state index >= 15 is 0 Å². The van der Waals surface area contributed by atoms with Gasteiger partial charge in [0.1, 0.15) is 18.2 Å². The molecule has 0 aliphatic rings. The molecule has 8 heteroatoms. The van der Waals surface area contributed by atoms with Crippen LogP contribution < -0.4 is 10.1 Å². The number of anilines is 1. The second-order valence-corrected chi connectivity index (χ2v) is 5.46. The summed E-state index contributed by atoms with van der Waals surface area (Å²) >= 11 is 0. The van der Waals surface area contributed by atoms with Crippen molar-refractivity contribution in [2.45, 2.75) is 6.42 Å². The van der Waals surface area contributed by atoms with Gasteiger partial charge in [-0.2, -0.15) is 5.10 Å². The minimum atomic E-state index is -1.19. The molecule has 0 aliphatic heterocycles. The molecule has 0 spiro atoms. The van der Waals surface area contributed by atoms with E-state index in [4.69, 9.17) is 14.6 Å². The number of carboxylic acid groups (broad SMARTS) is 1. The summed E-state index contributed by atoms with van der Waals surface area (Å²) in [4.78, 5) is 22.7. The zero-order valence-electron chi connectivity index (χ0n) is 14.2. The van der Waals surface area contributed by atoms with Gasteiger partial charge in [0.25, 0.3) is 0 Å². The van der Waals surface area contributed by atoms with Crippen molar-refractivity contribution in [1.29, 1.82) is 0 Å². The Balaban J connectivity index is 1.62. The van der Waals surface area contributed by atoms with Crippen molar-refractivity contribution >= 4 is 18.1 Å². The van der Waals surface area contributed by atoms with Crippen LogP contribution >= 0.6 is 0 Å². The molecule has 0 saturated heterocycles. The normalized spacial score (nSPS) is 10.2. The predicted molar refractivity (Wildman–Crippen MR) is 97.3 cm³/mol. The highest BCUT2D eigenvalue weighted by molar-refractivity contribution is 5.82. The summed E-state index contributed by atoms with van der Waals surface area (Å²) in [6.45, 7) is 0.0456. The number of carbonyl (C=O) groups excluding carboxylic acids is 1. The van der Waals surface area contributed by atoms with Crippen molar-refractivity contribution in [2.75, 3.05) is 11.9 Å². The Labute approximate surface area is 155 Å². The van der Waals surface area contributed by atoms with Gasteiger partial charge in [0.2, 0.25) is 0 Å². The minimum absolute atomic E-state index is 0.0456. The topological polar surface area (TPSA) is 103 Å². The number of para-hydroxylation sites is 2. The van der Waals surface area contributed by atoms with Crippen LogP contribution in [-0.2, 0) is 11.2 Å². The van der Waals surface area contributed by atoms with Crippen LogP contribution in [0.15, 0.2) is 66.7 Å². The molecule has 0 unspecified atom stereocenters. The van der Waals surface area contributed by atoms with E-state index in [-0.39, 0.29) is 6.61 Å². The van der Waals surface area contributed by atoms with Crippen LogP contribution in [0.2, 0.25) is 0 Å². The van der Waals surface area contributed by atoms with Gasteiger partial charge in [0.15, 0.2) is 0 Å². The average Bonchev–Trinajstić information content (AvgIpc) is 3.05. The van der Waals surface area contributed by atoms with E-state index in [1.807, 2.05) is 24.3 Å². The maximum atomic E-state index is 11.7. The molecule has 1 heterocycles. The Morgan fingerprint density at radius 1 is 1.04 bits per heavy atom. The van der Waals surface area contributed by atoms with Crippen molar-refractivity contribution in [1.82, 2.24) is 9.78 Å². The lowest BCUT2D eigenvalue weighted by Gasteiger charge is -2.06. The summed E-state index contributed by atoms with van der Waals surface area (Å²) in [7, 11) is 0. The number of nitrogens with one attached hydrogen (secondary N) is 1. The van der Waals surface area contributed by atoms with Gasteiger partial charge in [-0.1, -0.05) is 36.4 Å². The van der Waals surface area contributed by atoms with Gasteiger partial charge in [-0.05, 0) is 24.3 Å². The van der Waals surface area contributed by atoms with E-state index in [9.17, 15) is 9.59 Å². The molecule has 1 amide bonds. The molecule has 0 radical (unpaired) electrons. The van der Waals surface area contributed by atoms with Gasteiger partial charge >= 0.3 is 12.2 Å². The average molecular weight is 367 g/mol. The Bertz CT molecular complexity index is 910. The fraction of sp³-hybridized carbons (Fsp3) is 0.105. The van der Waals surface area contributed by atoms with Gasteiger partial charge in [0, 0.05) is 12.5 Å². The standard InChI is InChI=1S/C19H17N3O5/c23-18(24)20-17-13-14(21-22(17)15-7-3-1-4-8-15)11-12-26-19(25)27-16-9-5-2-6-10-16/h1-10,13,20H,11-12H2,(H,23,24). The Kier molecular flexibility index (Phi) is 5.68. The van der Waals surface area contributed by atoms with Crippen molar-refractivity contribution in [2.24, 2.45) is 0 Å². The van der Waals surface area contributed by atoms with E-state index in [0.29, 0.717) is 29.4 Å². The molecular weight excluding hydrogens is 350 g/mol. The van der Waals surface area contributed by atoms with Crippen LogP contribution in [0.4, 0.5) is 15.4 Å². The zero-order chi connectivity index (χ0) is 19.1. The summed E-state index contributed by atoms with van der Waals surface area (Å²) in [5.41, 5.74) is 1.27. The molecular formula is C19H17N3O5. The molecule has 2 N–H and O–H groups in total. The fourth-order valence-corrected chi connectivity index (χ4v) is 2.37. The highest BCUT2D eigenvalue weighted by Gasteiger charge is 2.13. The van der Waals surface area contributed by atoms with Crippen molar-refractivity contribution in [3.8, 4) is 11.4 Å². The molecule has 0 saturated carbocycles. The number of aromatic nitrogens is 2. The smallest absolute Gasteiger partial charge is 0.465 e. The van der Waals surface area contributed by atoms with E-state index in [1.165, 1.54) is 4.68 Å². The van der Waals surface area contributed by atoms with Crippen LogP contribution in [0.5, 0.6) is 5.75 Å². The van der Waals surface area contributed by atoms with E-state index in [0.717, 1.165) is 0 Å². The van der Waals surface area contributed by atoms with Gasteiger partial charge < -0.3 is 14.6 Å². The van der Waals surface area contributed by atoms with Crippen molar-refractivity contribution in [3.63, 3.8) is 0 Å². The number of hydrogen-bond acceptors (Lipinski definition) is 5. The third-order valence-electron chi connectivity index (χ3n) is 3.52. The monoisotopic (exact) mass is 367 g/mol. The molecule has 27 heavy (non-hydrogen) atoms. The van der Waals surface area contributed by atoms with Gasteiger partial charge in [-0.25, -0.2) is 14.3 Å². The number of nitrogens with zero attached hydrogens (tertiary/aromatic N) is 2. The van der Waals surface area contributed by atoms with Crippen molar-refractivity contribution < 1.29 is 24.2 Å². The molecule has 2 aromatic carbocycles. The number of ether oxygens (including phenoxy) is 2. The first-order valence-corrected chi connectivity index (χ1v) is 8.16. The lowest BCUT2D eigenvalue weighted by Crippen LogP contribution is -2.13. The number of hydrogen-bond donors (Lipinski definition) is 2. The van der Waals surface area contributed by atoms with Gasteiger partial charge in [0.05, 0.1) is 11.4 Å². The van der Waals surface area contributed by atoms with E-state index in [2.05, 4.69) is 10.4 Å². The first-order valence-electron chi connectivity index (χ1n) is 8.16. The Morgan fingerprint density at radius 3 is 2.37 bits per heavy atom. The molecule has 8 nitrogen and oxygen atoms in total. The van der Waals surface area contributed by atoms with Crippen LogP contribution in [0.25, 0.3) is 5.69 Å². The van der Waals surface area contributed by atoms with Crippen LogP contribution in [0, 0.1) is 0 Å². The second-order valence-electron chi connectivity index (χ2n) is 5.46. The highest BCUT2D eigenvalue weighted by atomic mass is 16.7. The second kappa shape index (κ2) is 8.52. The molecule has 3 aromatic rings. The predicted octanol–water partition coefficient (Wildman–Crippen LogP) is 3.72. The summed E-state index contributed by atoms with van der Waals surface area (Å²) < 4.78 is 11.5. The van der Waals surface area contributed by atoms with Gasteiger partial charge in [-0.3, -0.25) is 5.32 Å². The van der Waals surface area contributed by atoms with Crippen LogP contribution in [0.1, 0.15) is 5.69 Å². The van der Waals surface area contributed by atoms with E-state index in [1.54, 1.807) is 42.5 Å². The molecule has 0 fully saturated rings. The third-order valence-corrected chi connectivity index (χ3v) is 3.52. The number of rotatable bonds is 6. The third kappa shape index (κ3) is 5.08. The summed E-state index contributed by atoms with van der Waals surface area (Å²) in [5, 5.41) is 15.7. The molecule has 138 valence electrons. The lowest BCUT2D eigenvalue weighted by atomic mass is 10.3. The minimum Gasteiger partial charge on any atom is -0.465 e. The summed E-state index contributed by atoms with van der Waals surface area (Å²) in [6, 6.07) is 19.3. The molecule has 0 atom stereocenters. The largest absolute Gasteiger partial charge is 0.513 e. The number of carbonyl (C=O) groups is 2. The maximum absolute atomic E-state index is 11.7. The summed E-state index contributed by atoms with van der Waals surface area (Å²) in [6.07, 6.45) is -1.70. The Hall–Kier alpha value is -3.81. The number of amides is 1. The lowest BCUT2D eigenvalue weighted by molar-refractivity contribution is 0.0999. The zero-order valence-corrected chi connectivity index (χ0v) is 14.2. The van der Waals surface area contributed by atoms with Crippen LogP contribution in [-0.4, -0.2) is 33.7 Å². The van der Waals surface area contributed by atoms with Gasteiger partial charge in [-0.15, -0.1) is 0 Å². The van der Waals surface area contributed by atoms with Crippen molar-refractivity contribution in [3.05, 3.63) is 72.4 Å².